The van der Waals surface area contributed by atoms with E-state index in [-0.39, 0.29) is 42.5 Å². The fraction of sp³-hybridized carbons (Fsp3) is 0.321. The molecule has 1 N–H and O–H groups in total. The second-order valence-electron chi connectivity index (χ2n) is 9.28. The van der Waals surface area contributed by atoms with Crippen LogP contribution in [0, 0.1) is 11.7 Å². The van der Waals surface area contributed by atoms with Crippen LogP contribution in [0.1, 0.15) is 43.1 Å². The van der Waals surface area contributed by atoms with E-state index in [0.29, 0.717) is 29.8 Å². The van der Waals surface area contributed by atoms with Crippen molar-refractivity contribution in [2.24, 2.45) is 5.92 Å². The summed E-state index contributed by atoms with van der Waals surface area (Å²) in [5.74, 6) is -0.932. The van der Waals surface area contributed by atoms with Crippen molar-refractivity contribution in [3.05, 3.63) is 77.6 Å². The molecule has 182 valence electrons. The molecule has 3 aromatic rings. The molecular formula is C28H30FN3O3. The van der Waals surface area contributed by atoms with Gasteiger partial charge < -0.3 is 10.2 Å². The molecule has 0 unspecified atom stereocenters. The maximum absolute atomic E-state index is 13.7. The van der Waals surface area contributed by atoms with Gasteiger partial charge in [0.15, 0.2) is 0 Å². The van der Waals surface area contributed by atoms with E-state index in [4.69, 9.17) is 0 Å². The zero-order valence-corrected chi connectivity index (χ0v) is 20.3. The molecule has 7 heteroatoms. The summed E-state index contributed by atoms with van der Waals surface area (Å²) in [6.45, 7) is 6.28. The molecule has 0 bridgehead atoms. The fourth-order valence-corrected chi connectivity index (χ4v) is 4.49. The molecule has 3 aromatic carbocycles. The van der Waals surface area contributed by atoms with Crippen LogP contribution in [0.15, 0.2) is 60.7 Å². The zero-order valence-electron chi connectivity index (χ0n) is 20.3. The van der Waals surface area contributed by atoms with Crippen molar-refractivity contribution in [3.8, 4) is 0 Å². The van der Waals surface area contributed by atoms with E-state index in [9.17, 15) is 18.8 Å². The first-order chi connectivity index (χ1) is 16.8. The predicted octanol–water partition coefficient (Wildman–Crippen LogP) is 4.52. The second-order valence-corrected chi connectivity index (χ2v) is 9.28. The second kappa shape index (κ2) is 10.3. The van der Waals surface area contributed by atoms with Crippen molar-refractivity contribution in [3.63, 3.8) is 0 Å². The van der Waals surface area contributed by atoms with E-state index in [0.717, 1.165) is 10.8 Å². The van der Waals surface area contributed by atoms with Gasteiger partial charge in [-0.3, -0.25) is 19.3 Å². The van der Waals surface area contributed by atoms with Crippen molar-refractivity contribution in [1.29, 1.82) is 0 Å². The summed E-state index contributed by atoms with van der Waals surface area (Å²) < 4.78 is 13.5. The molecule has 0 spiro atoms. The molecule has 35 heavy (non-hydrogen) atoms. The van der Waals surface area contributed by atoms with Crippen molar-refractivity contribution in [1.82, 2.24) is 10.2 Å². The maximum Gasteiger partial charge on any atom is 0.259 e. The van der Waals surface area contributed by atoms with Crippen LogP contribution >= 0.6 is 0 Å². The van der Waals surface area contributed by atoms with Gasteiger partial charge in [-0.2, -0.15) is 0 Å². The Hall–Kier alpha value is -3.74. The third-order valence-corrected chi connectivity index (χ3v) is 6.28. The number of carbonyl (C=O) groups excluding carboxylic acids is 3. The molecule has 0 fully saturated rings. The van der Waals surface area contributed by atoms with Gasteiger partial charge in [0.2, 0.25) is 11.8 Å². The number of benzene rings is 3. The van der Waals surface area contributed by atoms with E-state index in [2.05, 4.69) is 5.32 Å². The molecular weight excluding hydrogens is 445 g/mol. The van der Waals surface area contributed by atoms with E-state index in [1.54, 1.807) is 18.2 Å². The van der Waals surface area contributed by atoms with Gasteiger partial charge in [-0.25, -0.2) is 4.39 Å². The van der Waals surface area contributed by atoms with E-state index in [1.165, 1.54) is 21.9 Å². The average molecular weight is 476 g/mol. The maximum atomic E-state index is 13.7. The summed E-state index contributed by atoms with van der Waals surface area (Å²) in [5, 5.41) is 4.69. The lowest BCUT2D eigenvalue weighted by Crippen LogP contribution is -2.52. The molecule has 3 amide bonds. The van der Waals surface area contributed by atoms with Gasteiger partial charge in [-0.05, 0) is 47.6 Å². The summed E-state index contributed by atoms with van der Waals surface area (Å²) in [7, 11) is 0. The zero-order chi connectivity index (χ0) is 25.1. The first-order valence-corrected chi connectivity index (χ1v) is 11.9. The van der Waals surface area contributed by atoms with Gasteiger partial charge in [0, 0.05) is 24.0 Å². The summed E-state index contributed by atoms with van der Waals surface area (Å²) in [5.41, 5.74) is 1.96. The number of carbonyl (C=O) groups is 3. The van der Waals surface area contributed by atoms with Crippen LogP contribution in [0.2, 0.25) is 0 Å². The highest BCUT2D eigenvalue weighted by molar-refractivity contribution is 6.26. The van der Waals surface area contributed by atoms with Gasteiger partial charge in [0.05, 0.1) is 5.69 Å². The van der Waals surface area contributed by atoms with Crippen LogP contribution in [0.3, 0.4) is 0 Å². The highest BCUT2D eigenvalue weighted by Crippen LogP contribution is 2.37. The highest BCUT2D eigenvalue weighted by atomic mass is 19.1. The first-order valence-electron chi connectivity index (χ1n) is 11.9. The topological polar surface area (TPSA) is 69.7 Å². The van der Waals surface area contributed by atoms with Crippen LogP contribution in [-0.4, -0.2) is 41.8 Å². The number of amides is 3. The number of nitrogens with zero attached hydrogens (tertiary/aromatic N) is 2. The Morgan fingerprint density at radius 2 is 1.71 bits per heavy atom. The Labute approximate surface area is 204 Å². The van der Waals surface area contributed by atoms with E-state index in [1.807, 2.05) is 51.1 Å². The van der Waals surface area contributed by atoms with Gasteiger partial charge in [-0.15, -0.1) is 0 Å². The lowest BCUT2D eigenvalue weighted by Gasteiger charge is -2.32. The number of hydrogen-bond donors (Lipinski definition) is 1. The molecule has 1 aliphatic rings. The quantitative estimate of drug-likeness (QED) is 0.495. The lowest BCUT2D eigenvalue weighted by atomic mass is 10.1. The highest BCUT2D eigenvalue weighted by Gasteiger charge is 2.35. The number of nitrogens with one attached hydrogen (secondary N) is 1. The van der Waals surface area contributed by atoms with E-state index >= 15 is 0 Å². The Kier molecular flexibility index (Phi) is 7.15. The Morgan fingerprint density at radius 1 is 1.03 bits per heavy atom. The molecule has 0 saturated heterocycles. The molecule has 0 aliphatic carbocycles. The van der Waals surface area contributed by atoms with Crippen molar-refractivity contribution in [2.75, 3.05) is 18.0 Å². The summed E-state index contributed by atoms with van der Waals surface area (Å²) in [4.78, 5) is 43.0. The van der Waals surface area contributed by atoms with Gasteiger partial charge in [0.25, 0.3) is 5.91 Å². The minimum atomic E-state index is -0.720. The van der Waals surface area contributed by atoms with Crippen LogP contribution in [0.5, 0.6) is 0 Å². The summed E-state index contributed by atoms with van der Waals surface area (Å²) >= 11 is 0. The van der Waals surface area contributed by atoms with Crippen LogP contribution < -0.4 is 10.2 Å². The SMILES string of the molecule is CC[C@@H](C(=O)NCC(C)C)N(Cc1ccc(F)cc1)C(=O)CN1C(=O)c2cccc3cccc1c23. The summed E-state index contributed by atoms with van der Waals surface area (Å²) in [6, 6.07) is 16.3. The third kappa shape index (κ3) is 5.04. The number of hydrogen-bond acceptors (Lipinski definition) is 3. The number of halogens is 1. The minimum Gasteiger partial charge on any atom is -0.354 e. The average Bonchev–Trinajstić information content (AvgIpc) is 3.11. The van der Waals surface area contributed by atoms with Crippen molar-refractivity contribution < 1.29 is 18.8 Å². The standard InChI is InChI=1S/C28H30FN3O3/c1-4-23(27(34)30-15-18(2)3)31(16-19-11-13-21(29)14-12-19)25(33)17-32-24-10-6-8-20-7-5-9-22(26(20)24)28(32)35/h5-14,18,23H,4,15-17H2,1-3H3,(H,30,34)/t23-/m0/s1. The first kappa shape index (κ1) is 24.4. The Morgan fingerprint density at radius 3 is 2.37 bits per heavy atom. The molecule has 1 atom stereocenters. The molecule has 6 nitrogen and oxygen atoms in total. The van der Waals surface area contributed by atoms with Gasteiger partial charge >= 0.3 is 0 Å². The number of anilines is 1. The summed E-state index contributed by atoms with van der Waals surface area (Å²) in [6.07, 6.45) is 0.403. The largest absolute Gasteiger partial charge is 0.354 e. The molecule has 0 radical (unpaired) electrons. The molecule has 1 aliphatic heterocycles. The molecule has 4 rings (SSSR count). The lowest BCUT2D eigenvalue weighted by molar-refractivity contribution is -0.140. The third-order valence-electron chi connectivity index (χ3n) is 6.28. The normalized spacial score (nSPS) is 13.4. The smallest absolute Gasteiger partial charge is 0.259 e. The fourth-order valence-electron chi connectivity index (χ4n) is 4.49. The van der Waals surface area contributed by atoms with Crippen LogP contribution in [-0.2, 0) is 16.1 Å². The van der Waals surface area contributed by atoms with Gasteiger partial charge in [-0.1, -0.05) is 57.2 Å². The number of rotatable bonds is 9. The Bertz CT molecular complexity index is 1250. The van der Waals surface area contributed by atoms with Crippen LogP contribution in [0.25, 0.3) is 10.8 Å². The predicted molar refractivity (Wildman–Crippen MR) is 135 cm³/mol. The minimum absolute atomic E-state index is 0.131. The molecule has 0 aromatic heterocycles. The van der Waals surface area contributed by atoms with Crippen LogP contribution in [0.4, 0.5) is 10.1 Å². The molecule has 0 saturated carbocycles. The van der Waals surface area contributed by atoms with Gasteiger partial charge in [0.1, 0.15) is 18.4 Å². The monoisotopic (exact) mass is 475 g/mol. The van der Waals surface area contributed by atoms with Crippen molar-refractivity contribution >= 4 is 34.2 Å². The van der Waals surface area contributed by atoms with E-state index < -0.39 is 6.04 Å². The Balaban J connectivity index is 1.63. The molecule has 1 heterocycles. The van der Waals surface area contributed by atoms with Crippen molar-refractivity contribution in [2.45, 2.75) is 39.8 Å².